The minimum Gasteiger partial charge on any atom is -0.493 e. The van der Waals surface area contributed by atoms with Gasteiger partial charge in [-0.2, -0.15) is 0 Å². The molecule has 3 heterocycles. The topological polar surface area (TPSA) is 93.2 Å². The summed E-state index contributed by atoms with van der Waals surface area (Å²) in [5, 5.41) is 13.4. The summed E-state index contributed by atoms with van der Waals surface area (Å²) in [7, 11) is 2.87. The van der Waals surface area contributed by atoms with Gasteiger partial charge in [0.15, 0.2) is 11.6 Å². The third-order valence-electron chi connectivity index (χ3n) is 7.10. The molecule has 0 aliphatic carbocycles. The summed E-state index contributed by atoms with van der Waals surface area (Å²) < 4.78 is 31.1. The Morgan fingerprint density at radius 2 is 2.14 bits per heavy atom. The molecule has 2 N–H and O–H groups in total. The number of carboxylic acid groups (broad SMARTS) is 1. The second-order valence-corrected chi connectivity index (χ2v) is 9.80. The average molecular weight is 516 g/mol. The van der Waals surface area contributed by atoms with Crippen molar-refractivity contribution < 1.29 is 28.5 Å². The van der Waals surface area contributed by atoms with Crippen molar-refractivity contribution in [3.05, 3.63) is 52.5 Å². The molecule has 2 aliphatic rings. The van der Waals surface area contributed by atoms with Crippen molar-refractivity contribution in [2.24, 2.45) is 0 Å². The summed E-state index contributed by atoms with van der Waals surface area (Å²) in [4.78, 5) is 18.9. The minimum atomic E-state index is -1.04. The SMILES string of the molecule is COCc1cc(F)c(OC)c(C(C(=O)O)N2CC[C@@H](OCCCCCc3ccc4c(n3)NCCC4)C2)c1. The molecule has 9 heteroatoms. The van der Waals surface area contributed by atoms with Gasteiger partial charge in [-0.05, 0) is 67.9 Å². The Hall–Kier alpha value is -2.75. The van der Waals surface area contributed by atoms with Gasteiger partial charge in [-0.15, -0.1) is 0 Å². The number of nitrogens with one attached hydrogen (secondary N) is 1. The molecule has 0 radical (unpaired) electrons. The van der Waals surface area contributed by atoms with Gasteiger partial charge in [0.2, 0.25) is 0 Å². The van der Waals surface area contributed by atoms with E-state index < -0.39 is 17.8 Å². The van der Waals surface area contributed by atoms with Crippen LogP contribution in [0.2, 0.25) is 0 Å². The highest BCUT2D eigenvalue weighted by atomic mass is 19.1. The minimum absolute atomic E-state index is 0.0409. The fourth-order valence-electron chi connectivity index (χ4n) is 5.30. The van der Waals surface area contributed by atoms with Crippen LogP contribution in [0.4, 0.5) is 10.2 Å². The molecular formula is C28H38FN3O5. The zero-order valence-electron chi connectivity index (χ0n) is 21.8. The number of likely N-dealkylation sites (tertiary alicyclic amines) is 1. The number of unbranched alkanes of at least 4 members (excludes halogenated alkanes) is 2. The number of methoxy groups -OCH3 is 2. The number of pyridine rings is 1. The molecule has 1 aromatic carbocycles. The molecule has 2 aliphatic heterocycles. The predicted octanol–water partition coefficient (Wildman–Crippen LogP) is 4.36. The number of halogens is 1. The number of rotatable bonds is 13. The summed E-state index contributed by atoms with van der Waals surface area (Å²) >= 11 is 0. The third kappa shape index (κ3) is 6.97. The molecule has 1 aromatic heterocycles. The van der Waals surface area contributed by atoms with Crippen LogP contribution in [0, 0.1) is 5.82 Å². The summed E-state index contributed by atoms with van der Waals surface area (Å²) in [5.41, 5.74) is 3.30. The number of carbonyl (C=O) groups is 1. The van der Waals surface area contributed by atoms with Crippen molar-refractivity contribution in [3.63, 3.8) is 0 Å². The van der Waals surface area contributed by atoms with E-state index in [0.29, 0.717) is 30.8 Å². The highest BCUT2D eigenvalue weighted by Crippen LogP contribution is 2.35. The van der Waals surface area contributed by atoms with Crippen molar-refractivity contribution in [2.45, 2.75) is 63.7 Å². The molecular weight excluding hydrogens is 477 g/mol. The molecule has 4 rings (SSSR count). The normalized spacial score (nSPS) is 18.3. The number of hydrogen-bond donors (Lipinski definition) is 2. The number of benzene rings is 1. The van der Waals surface area contributed by atoms with Crippen molar-refractivity contribution >= 4 is 11.8 Å². The molecule has 0 spiro atoms. The molecule has 8 nitrogen and oxygen atoms in total. The van der Waals surface area contributed by atoms with E-state index >= 15 is 0 Å². The smallest absolute Gasteiger partial charge is 0.325 e. The van der Waals surface area contributed by atoms with Crippen molar-refractivity contribution in [1.29, 1.82) is 0 Å². The van der Waals surface area contributed by atoms with Gasteiger partial charge < -0.3 is 24.6 Å². The molecule has 37 heavy (non-hydrogen) atoms. The lowest BCUT2D eigenvalue weighted by molar-refractivity contribution is -0.143. The number of carboxylic acids is 1. The van der Waals surface area contributed by atoms with Crippen LogP contribution < -0.4 is 10.1 Å². The first-order chi connectivity index (χ1) is 18.0. The molecule has 0 saturated carbocycles. The maximum Gasteiger partial charge on any atom is 0.325 e. The quantitative estimate of drug-likeness (QED) is 0.380. The van der Waals surface area contributed by atoms with Crippen LogP contribution >= 0.6 is 0 Å². The fraction of sp³-hybridized carbons (Fsp3) is 0.571. The number of aromatic nitrogens is 1. The second kappa shape index (κ2) is 13.2. The number of nitrogens with zero attached hydrogens (tertiary/aromatic N) is 2. The van der Waals surface area contributed by atoms with E-state index in [1.54, 1.807) is 6.07 Å². The van der Waals surface area contributed by atoms with E-state index in [0.717, 1.165) is 63.0 Å². The Morgan fingerprint density at radius 3 is 2.92 bits per heavy atom. The maximum atomic E-state index is 14.6. The van der Waals surface area contributed by atoms with Gasteiger partial charge in [-0.1, -0.05) is 12.5 Å². The average Bonchev–Trinajstić information content (AvgIpc) is 3.34. The Balaban J connectivity index is 1.25. The van der Waals surface area contributed by atoms with E-state index in [2.05, 4.69) is 17.4 Å². The molecule has 1 fully saturated rings. The molecule has 2 atom stereocenters. The van der Waals surface area contributed by atoms with Crippen LogP contribution in [-0.2, 0) is 33.7 Å². The fourth-order valence-corrected chi connectivity index (χ4v) is 5.30. The molecule has 0 amide bonds. The zero-order chi connectivity index (χ0) is 26.2. The number of aliphatic carboxylic acids is 1. The second-order valence-electron chi connectivity index (χ2n) is 9.80. The van der Waals surface area contributed by atoms with Crippen molar-refractivity contribution in [2.75, 3.05) is 45.8 Å². The number of ether oxygens (including phenoxy) is 3. The Morgan fingerprint density at radius 1 is 1.27 bits per heavy atom. The number of aryl methyl sites for hydroxylation is 2. The molecule has 202 valence electrons. The Bertz CT molecular complexity index is 1070. The van der Waals surface area contributed by atoms with Gasteiger partial charge in [0.1, 0.15) is 11.9 Å². The highest BCUT2D eigenvalue weighted by molar-refractivity contribution is 5.77. The molecule has 1 saturated heterocycles. The lowest BCUT2D eigenvalue weighted by atomic mass is 10.0. The summed E-state index contributed by atoms with van der Waals surface area (Å²) in [5.74, 6) is -0.629. The van der Waals surface area contributed by atoms with Crippen LogP contribution in [0.1, 0.15) is 60.5 Å². The van der Waals surface area contributed by atoms with Gasteiger partial charge in [0, 0.05) is 44.6 Å². The first-order valence-electron chi connectivity index (χ1n) is 13.2. The van der Waals surface area contributed by atoms with E-state index in [9.17, 15) is 14.3 Å². The van der Waals surface area contributed by atoms with Crippen LogP contribution in [0.15, 0.2) is 24.3 Å². The Kier molecular flexibility index (Phi) is 9.71. The van der Waals surface area contributed by atoms with Gasteiger partial charge in [-0.25, -0.2) is 9.37 Å². The zero-order valence-corrected chi connectivity index (χ0v) is 21.8. The van der Waals surface area contributed by atoms with E-state index in [4.69, 9.17) is 19.2 Å². The van der Waals surface area contributed by atoms with E-state index in [-0.39, 0.29) is 18.5 Å². The summed E-state index contributed by atoms with van der Waals surface area (Å²) in [6, 6.07) is 6.29. The van der Waals surface area contributed by atoms with Gasteiger partial charge in [-0.3, -0.25) is 9.69 Å². The van der Waals surface area contributed by atoms with Crippen molar-refractivity contribution in [1.82, 2.24) is 9.88 Å². The number of anilines is 1. The lowest BCUT2D eigenvalue weighted by Gasteiger charge is -2.26. The maximum absolute atomic E-state index is 14.6. The number of fused-ring (bicyclic) bond motifs is 1. The van der Waals surface area contributed by atoms with Crippen LogP contribution in [0.25, 0.3) is 0 Å². The lowest BCUT2D eigenvalue weighted by Crippen LogP contribution is -2.34. The monoisotopic (exact) mass is 515 g/mol. The van der Waals surface area contributed by atoms with Crippen LogP contribution in [-0.4, -0.2) is 67.5 Å². The largest absolute Gasteiger partial charge is 0.493 e. The molecule has 1 unspecified atom stereocenters. The Labute approximate surface area is 218 Å². The molecule has 0 bridgehead atoms. The predicted molar refractivity (Wildman–Crippen MR) is 139 cm³/mol. The third-order valence-corrected chi connectivity index (χ3v) is 7.10. The van der Waals surface area contributed by atoms with E-state index in [1.165, 1.54) is 25.8 Å². The summed E-state index contributed by atoms with van der Waals surface area (Å²) in [6.07, 6.45) is 6.94. The first kappa shape index (κ1) is 27.3. The first-order valence-corrected chi connectivity index (χ1v) is 13.2. The molecule has 2 aromatic rings. The highest BCUT2D eigenvalue weighted by Gasteiger charge is 2.36. The van der Waals surface area contributed by atoms with Crippen LogP contribution in [0.5, 0.6) is 5.75 Å². The van der Waals surface area contributed by atoms with Gasteiger partial charge in [0.25, 0.3) is 0 Å². The van der Waals surface area contributed by atoms with Gasteiger partial charge in [0.05, 0.1) is 19.8 Å². The van der Waals surface area contributed by atoms with Crippen LogP contribution in [0.3, 0.4) is 0 Å². The van der Waals surface area contributed by atoms with Gasteiger partial charge >= 0.3 is 5.97 Å². The van der Waals surface area contributed by atoms with E-state index in [1.807, 2.05) is 4.90 Å². The summed E-state index contributed by atoms with van der Waals surface area (Å²) in [6.45, 7) is 2.85. The standard InChI is InChI=1S/C28H38FN3O5/c1-35-18-19-15-23(26(36-2)24(29)16-19)25(28(33)34)32-13-11-22(17-32)37-14-5-3-4-8-21-10-9-20-7-6-12-30-27(20)31-21/h9-10,15-16,22,25H,3-8,11-14,17-18H2,1-2H3,(H,30,31)(H,33,34)/t22-,25?/m1/s1. The number of hydrogen-bond acceptors (Lipinski definition) is 7. The van der Waals surface area contributed by atoms with Crippen molar-refractivity contribution in [3.8, 4) is 5.75 Å².